The Labute approximate surface area is 99.6 Å². The van der Waals surface area contributed by atoms with Gasteiger partial charge in [-0.1, -0.05) is 11.6 Å². The predicted molar refractivity (Wildman–Crippen MR) is 61.7 cm³/mol. The van der Waals surface area contributed by atoms with Crippen LogP contribution in [-0.4, -0.2) is 23.4 Å². The third-order valence-corrected chi connectivity index (χ3v) is 3.17. The van der Waals surface area contributed by atoms with Gasteiger partial charge in [0.2, 0.25) is 0 Å². The summed E-state index contributed by atoms with van der Waals surface area (Å²) in [6.07, 6.45) is 0.288. The third kappa shape index (κ3) is 2.32. The molecule has 0 radical (unpaired) electrons. The fourth-order valence-corrected chi connectivity index (χ4v) is 2.00. The molecule has 1 aliphatic carbocycles. The second-order valence-electron chi connectivity index (χ2n) is 4.16. The van der Waals surface area contributed by atoms with Crippen molar-refractivity contribution in [3.05, 3.63) is 28.8 Å². The summed E-state index contributed by atoms with van der Waals surface area (Å²) in [5.74, 6) is 0.760. The average Bonchev–Trinajstić information content (AvgIpc) is 3.11. The summed E-state index contributed by atoms with van der Waals surface area (Å²) in [5.41, 5.74) is 0.550. The highest BCUT2D eigenvalue weighted by Gasteiger charge is 2.36. The summed E-state index contributed by atoms with van der Waals surface area (Å²) in [4.78, 5) is 0. The first kappa shape index (κ1) is 11.7. The highest BCUT2D eigenvalue weighted by Crippen LogP contribution is 2.40. The molecule has 0 spiro atoms. The van der Waals surface area contributed by atoms with Gasteiger partial charge in [0.05, 0.1) is 13.2 Å². The van der Waals surface area contributed by atoms with Gasteiger partial charge in [0.15, 0.2) is 0 Å². The number of aliphatic hydroxyl groups is 2. The molecular weight excluding hydrogens is 228 g/mol. The van der Waals surface area contributed by atoms with Crippen LogP contribution in [-0.2, 0) is 0 Å². The van der Waals surface area contributed by atoms with E-state index in [0.29, 0.717) is 16.3 Å². The van der Waals surface area contributed by atoms with Crippen LogP contribution in [0, 0.1) is 5.92 Å². The van der Waals surface area contributed by atoms with Gasteiger partial charge in [0.25, 0.3) is 0 Å². The van der Waals surface area contributed by atoms with Crippen molar-refractivity contribution in [3.63, 3.8) is 0 Å². The minimum atomic E-state index is -0.929. The highest BCUT2D eigenvalue weighted by atomic mass is 35.5. The summed E-state index contributed by atoms with van der Waals surface area (Å²) in [5, 5.41) is 20.4. The van der Waals surface area contributed by atoms with Crippen LogP contribution in [0.25, 0.3) is 0 Å². The Hall–Kier alpha value is -0.770. The number of aliphatic hydroxyl groups excluding tert-OH is 2. The molecule has 1 aliphatic rings. The molecule has 88 valence electrons. The van der Waals surface area contributed by atoms with E-state index in [-0.39, 0.29) is 5.92 Å². The lowest BCUT2D eigenvalue weighted by molar-refractivity contribution is 0.00362. The first-order valence-electron chi connectivity index (χ1n) is 5.33. The molecule has 3 nitrogen and oxygen atoms in total. The lowest BCUT2D eigenvalue weighted by Gasteiger charge is -2.20. The predicted octanol–water partition coefficient (Wildman–Crippen LogP) is 2.15. The quantitative estimate of drug-likeness (QED) is 0.851. The third-order valence-electron chi connectivity index (χ3n) is 2.94. The van der Waals surface area contributed by atoms with Gasteiger partial charge >= 0.3 is 0 Å². The van der Waals surface area contributed by atoms with Gasteiger partial charge in [0.1, 0.15) is 11.9 Å². The van der Waals surface area contributed by atoms with E-state index in [1.807, 2.05) is 0 Å². The van der Waals surface area contributed by atoms with E-state index in [1.165, 1.54) is 7.11 Å². The van der Waals surface area contributed by atoms with Crippen molar-refractivity contribution in [3.8, 4) is 5.75 Å². The molecule has 1 aromatic rings. The second kappa shape index (κ2) is 4.62. The SMILES string of the molecule is COc1ccc(Cl)cc1C(O)C(O)C1CC1. The van der Waals surface area contributed by atoms with Gasteiger partial charge in [0, 0.05) is 10.6 Å². The van der Waals surface area contributed by atoms with Crippen LogP contribution in [0.2, 0.25) is 5.02 Å². The van der Waals surface area contributed by atoms with Gasteiger partial charge in [-0.15, -0.1) is 0 Å². The monoisotopic (exact) mass is 242 g/mol. The first-order valence-corrected chi connectivity index (χ1v) is 5.71. The van der Waals surface area contributed by atoms with Crippen LogP contribution in [0.1, 0.15) is 24.5 Å². The topological polar surface area (TPSA) is 49.7 Å². The maximum absolute atomic E-state index is 10.0. The molecule has 0 aliphatic heterocycles. The summed E-state index contributed by atoms with van der Waals surface area (Å²) in [6, 6.07) is 5.03. The van der Waals surface area contributed by atoms with E-state index in [2.05, 4.69) is 0 Å². The van der Waals surface area contributed by atoms with E-state index < -0.39 is 12.2 Å². The van der Waals surface area contributed by atoms with Crippen molar-refractivity contribution >= 4 is 11.6 Å². The number of ether oxygens (including phenoxy) is 1. The number of rotatable bonds is 4. The Morgan fingerprint density at radius 2 is 2.06 bits per heavy atom. The van der Waals surface area contributed by atoms with Crippen molar-refractivity contribution in [2.45, 2.75) is 25.0 Å². The van der Waals surface area contributed by atoms with Gasteiger partial charge < -0.3 is 14.9 Å². The summed E-state index contributed by atoms with van der Waals surface area (Å²) >= 11 is 5.87. The highest BCUT2D eigenvalue weighted by molar-refractivity contribution is 6.30. The molecule has 4 heteroatoms. The number of hydrogen-bond acceptors (Lipinski definition) is 3. The van der Waals surface area contributed by atoms with Crippen molar-refractivity contribution in [2.24, 2.45) is 5.92 Å². The standard InChI is InChI=1S/C12H15ClO3/c1-16-10-5-4-8(13)6-9(10)12(15)11(14)7-2-3-7/h4-7,11-12,14-15H,2-3H2,1H3. The lowest BCUT2D eigenvalue weighted by Crippen LogP contribution is -2.20. The van der Waals surface area contributed by atoms with E-state index >= 15 is 0 Å². The normalized spacial score (nSPS) is 19.2. The Morgan fingerprint density at radius 1 is 1.38 bits per heavy atom. The van der Waals surface area contributed by atoms with Crippen LogP contribution in [0.4, 0.5) is 0 Å². The summed E-state index contributed by atoms with van der Waals surface area (Å²) in [6.45, 7) is 0. The zero-order valence-electron chi connectivity index (χ0n) is 9.06. The smallest absolute Gasteiger partial charge is 0.124 e. The molecule has 1 saturated carbocycles. The summed E-state index contributed by atoms with van der Waals surface area (Å²) < 4.78 is 5.14. The number of benzene rings is 1. The van der Waals surface area contributed by atoms with Crippen LogP contribution in [0.3, 0.4) is 0 Å². The van der Waals surface area contributed by atoms with E-state index in [1.54, 1.807) is 18.2 Å². The zero-order chi connectivity index (χ0) is 11.7. The van der Waals surface area contributed by atoms with Gasteiger partial charge in [-0.05, 0) is 37.0 Å². The van der Waals surface area contributed by atoms with Crippen molar-refractivity contribution in [1.29, 1.82) is 0 Å². The number of hydrogen-bond donors (Lipinski definition) is 2. The molecule has 0 heterocycles. The Kier molecular flexibility index (Phi) is 3.38. The van der Waals surface area contributed by atoms with Crippen LogP contribution >= 0.6 is 11.6 Å². The van der Waals surface area contributed by atoms with Crippen LogP contribution in [0.15, 0.2) is 18.2 Å². The Morgan fingerprint density at radius 3 is 2.62 bits per heavy atom. The molecule has 1 aromatic carbocycles. The molecule has 2 atom stereocenters. The fourth-order valence-electron chi connectivity index (χ4n) is 1.82. The van der Waals surface area contributed by atoms with E-state index in [0.717, 1.165) is 12.8 Å². The van der Waals surface area contributed by atoms with E-state index in [4.69, 9.17) is 16.3 Å². The molecule has 2 unspecified atom stereocenters. The summed E-state index contributed by atoms with van der Waals surface area (Å²) in [7, 11) is 1.53. The van der Waals surface area contributed by atoms with Crippen molar-refractivity contribution in [2.75, 3.05) is 7.11 Å². The zero-order valence-corrected chi connectivity index (χ0v) is 9.81. The minimum absolute atomic E-state index is 0.207. The van der Waals surface area contributed by atoms with Gasteiger partial charge in [-0.25, -0.2) is 0 Å². The van der Waals surface area contributed by atoms with E-state index in [9.17, 15) is 10.2 Å². The number of methoxy groups -OCH3 is 1. The molecule has 0 aromatic heterocycles. The van der Waals surface area contributed by atoms with Gasteiger partial charge in [-0.2, -0.15) is 0 Å². The Balaban J connectivity index is 2.26. The number of halogens is 1. The largest absolute Gasteiger partial charge is 0.496 e. The van der Waals surface area contributed by atoms with Crippen LogP contribution < -0.4 is 4.74 Å². The minimum Gasteiger partial charge on any atom is -0.496 e. The molecule has 0 bridgehead atoms. The average molecular weight is 243 g/mol. The maximum Gasteiger partial charge on any atom is 0.124 e. The molecule has 2 rings (SSSR count). The Bertz CT molecular complexity index is 377. The lowest BCUT2D eigenvalue weighted by atomic mass is 10.0. The second-order valence-corrected chi connectivity index (χ2v) is 4.60. The fraction of sp³-hybridized carbons (Fsp3) is 0.500. The first-order chi connectivity index (χ1) is 7.63. The van der Waals surface area contributed by atoms with Crippen molar-refractivity contribution < 1.29 is 14.9 Å². The molecular formula is C12H15ClO3. The molecule has 16 heavy (non-hydrogen) atoms. The molecule has 0 amide bonds. The maximum atomic E-state index is 10.0. The molecule has 0 saturated heterocycles. The molecule has 2 N–H and O–H groups in total. The van der Waals surface area contributed by atoms with Gasteiger partial charge in [-0.3, -0.25) is 0 Å². The van der Waals surface area contributed by atoms with Crippen LogP contribution in [0.5, 0.6) is 5.75 Å². The molecule has 1 fully saturated rings. The van der Waals surface area contributed by atoms with Crippen molar-refractivity contribution in [1.82, 2.24) is 0 Å².